The summed E-state index contributed by atoms with van der Waals surface area (Å²) in [6.45, 7) is 2.08. The van der Waals surface area contributed by atoms with Gasteiger partial charge in [-0.15, -0.1) is 0 Å². The van der Waals surface area contributed by atoms with Crippen LogP contribution in [-0.4, -0.2) is 22.0 Å². The number of nitrogens with zero attached hydrogens (tertiary/aromatic N) is 2. The number of ether oxygens (including phenoxy) is 1. The smallest absolute Gasteiger partial charge is 0.341 e. The van der Waals surface area contributed by atoms with Gasteiger partial charge in [-0.05, 0) is 59.3 Å². The summed E-state index contributed by atoms with van der Waals surface area (Å²) < 4.78 is 8.92. The van der Waals surface area contributed by atoms with E-state index < -0.39 is 5.97 Å². The van der Waals surface area contributed by atoms with Gasteiger partial charge < -0.3 is 4.74 Å². The van der Waals surface area contributed by atoms with Gasteiger partial charge in [0.2, 0.25) is 0 Å². The molecule has 0 aliphatic heterocycles. The molecule has 4 aromatic rings. The van der Waals surface area contributed by atoms with Gasteiger partial charge in [0.25, 0.3) is 0 Å². The van der Waals surface area contributed by atoms with Crippen LogP contribution in [0.4, 0.5) is 0 Å². The zero-order valence-corrected chi connectivity index (χ0v) is 19.3. The highest BCUT2D eigenvalue weighted by Crippen LogP contribution is 2.36. The molecule has 0 saturated carbocycles. The summed E-state index contributed by atoms with van der Waals surface area (Å²) in [6.07, 6.45) is 0. The van der Waals surface area contributed by atoms with E-state index in [0.29, 0.717) is 22.8 Å². The number of carbonyl (C=O) groups is 1. The zero-order valence-electron chi connectivity index (χ0n) is 15.3. The Morgan fingerprint density at radius 3 is 2.31 bits per heavy atom. The Hall–Kier alpha value is -2.15. The molecule has 0 fully saturated rings. The molecular weight excluding hydrogens is 520 g/mol. The topological polar surface area (TPSA) is 43.6 Å². The third-order valence-electron chi connectivity index (χ3n) is 4.45. The lowest BCUT2D eigenvalue weighted by Gasteiger charge is -2.09. The number of hydrogen-bond acceptors (Lipinski definition) is 3. The summed E-state index contributed by atoms with van der Waals surface area (Å²) in [5.41, 5.74) is 4.42. The van der Waals surface area contributed by atoms with Crippen molar-refractivity contribution in [2.75, 3.05) is 6.61 Å². The van der Waals surface area contributed by atoms with Crippen LogP contribution in [0.5, 0.6) is 0 Å². The second-order valence-electron chi connectivity index (χ2n) is 6.27. The van der Waals surface area contributed by atoms with Crippen molar-refractivity contribution in [3.05, 3.63) is 80.3 Å². The van der Waals surface area contributed by atoms with E-state index in [1.54, 1.807) is 13.0 Å². The van der Waals surface area contributed by atoms with E-state index in [1.165, 1.54) is 0 Å². The molecule has 0 N–H and O–H groups in total. The lowest BCUT2D eigenvalue weighted by Crippen LogP contribution is -2.07. The highest BCUT2D eigenvalue weighted by atomic mass is 79.9. The first-order valence-corrected chi connectivity index (χ1v) is 10.9. The van der Waals surface area contributed by atoms with Gasteiger partial charge >= 0.3 is 5.97 Å². The molecule has 0 bridgehead atoms. The van der Waals surface area contributed by atoms with Crippen LogP contribution in [0.1, 0.15) is 17.3 Å². The van der Waals surface area contributed by atoms with Gasteiger partial charge in [0.1, 0.15) is 5.56 Å². The third kappa shape index (κ3) is 3.84. The fraction of sp³-hybridized carbons (Fsp3) is 0.0909. The SMILES string of the molecule is CCOC(=O)c1ccc(Br)n2c(-c3ccc(Cl)cc3)c(-c3ccc(Br)cc3)nc12. The maximum atomic E-state index is 12.5. The van der Waals surface area contributed by atoms with Crippen LogP contribution < -0.4 is 0 Å². The molecule has 2 aromatic carbocycles. The van der Waals surface area contributed by atoms with E-state index in [4.69, 9.17) is 21.3 Å². The lowest BCUT2D eigenvalue weighted by atomic mass is 10.0. The van der Waals surface area contributed by atoms with Gasteiger partial charge in [0, 0.05) is 20.6 Å². The number of carbonyl (C=O) groups excluding carboxylic acids is 1. The number of esters is 1. The van der Waals surface area contributed by atoms with Gasteiger partial charge in [-0.1, -0.05) is 51.8 Å². The van der Waals surface area contributed by atoms with E-state index in [-0.39, 0.29) is 0 Å². The molecule has 29 heavy (non-hydrogen) atoms. The minimum absolute atomic E-state index is 0.297. The molecule has 0 aliphatic carbocycles. The molecule has 2 heterocycles. The fourth-order valence-electron chi connectivity index (χ4n) is 3.16. The molecule has 2 aromatic heterocycles. The number of halogens is 3. The molecule has 0 amide bonds. The van der Waals surface area contributed by atoms with Crippen LogP contribution in [0.15, 0.2) is 69.7 Å². The number of fused-ring (bicyclic) bond motifs is 1. The summed E-state index contributed by atoms with van der Waals surface area (Å²) in [4.78, 5) is 17.4. The molecule has 0 unspecified atom stereocenters. The zero-order chi connectivity index (χ0) is 20.5. The van der Waals surface area contributed by atoms with Gasteiger partial charge in [-0.3, -0.25) is 4.40 Å². The normalized spacial score (nSPS) is 11.0. The largest absolute Gasteiger partial charge is 0.462 e. The maximum absolute atomic E-state index is 12.5. The Morgan fingerprint density at radius 2 is 1.66 bits per heavy atom. The summed E-state index contributed by atoms with van der Waals surface area (Å²) in [7, 11) is 0. The summed E-state index contributed by atoms with van der Waals surface area (Å²) >= 11 is 13.2. The van der Waals surface area contributed by atoms with Crippen molar-refractivity contribution in [3.8, 4) is 22.5 Å². The number of hydrogen-bond donors (Lipinski definition) is 0. The van der Waals surface area contributed by atoms with Crippen molar-refractivity contribution >= 4 is 55.1 Å². The Balaban J connectivity index is 2.07. The summed E-state index contributed by atoms with van der Waals surface area (Å²) in [5.74, 6) is -0.403. The van der Waals surface area contributed by atoms with Gasteiger partial charge in [-0.2, -0.15) is 0 Å². The van der Waals surface area contributed by atoms with Gasteiger partial charge in [0.05, 0.1) is 22.6 Å². The molecule has 0 saturated heterocycles. The van der Waals surface area contributed by atoms with Crippen molar-refractivity contribution in [3.63, 3.8) is 0 Å². The van der Waals surface area contributed by atoms with E-state index in [9.17, 15) is 4.79 Å². The van der Waals surface area contributed by atoms with Crippen molar-refractivity contribution in [1.29, 1.82) is 0 Å². The average Bonchev–Trinajstić information content (AvgIpc) is 3.11. The lowest BCUT2D eigenvalue weighted by molar-refractivity contribution is 0.0528. The Kier molecular flexibility index (Phi) is 5.76. The molecule has 0 atom stereocenters. The first-order chi connectivity index (χ1) is 14.0. The molecule has 7 heteroatoms. The number of aromatic nitrogens is 2. The molecule has 4 nitrogen and oxygen atoms in total. The van der Waals surface area contributed by atoms with Crippen molar-refractivity contribution < 1.29 is 9.53 Å². The monoisotopic (exact) mass is 532 g/mol. The van der Waals surface area contributed by atoms with Crippen LogP contribution in [0.25, 0.3) is 28.2 Å². The molecular formula is C22H15Br2ClN2O2. The number of benzene rings is 2. The van der Waals surface area contributed by atoms with Crippen molar-refractivity contribution in [2.45, 2.75) is 6.92 Å². The summed E-state index contributed by atoms with van der Waals surface area (Å²) in [6, 6.07) is 19.0. The minimum Gasteiger partial charge on any atom is -0.462 e. The number of imidazole rings is 1. The molecule has 0 aliphatic rings. The van der Waals surface area contributed by atoms with Gasteiger partial charge in [0.15, 0.2) is 5.65 Å². The quantitative estimate of drug-likeness (QED) is 0.209. The first kappa shape index (κ1) is 20.1. The number of rotatable bonds is 4. The molecule has 146 valence electrons. The van der Waals surface area contributed by atoms with E-state index in [0.717, 1.165) is 31.6 Å². The third-order valence-corrected chi connectivity index (χ3v) is 5.85. The highest BCUT2D eigenvalue weighted by Gasteiger charge is 2.22. The average molecular weight is 535 g/mol. The number of pyridine rings is 1. The van der Waals surface area contributed by atoms with Crippen LogP contribution in [0, 0.1) is 0 Å². The Labute approximate surface area is 189 Å². The Bertz CT molecular complexity index is 1200. The maximum Gasteiger partial charge on any atom is 0.341 e. The predicted molar refractivity (Wildman–Crippen MR) is 122 cm³/mol. The second-order valence-corrected chi connectivity index (χ2v) is 8.44. The first-order valence-electron chi connectivity index (χ1n) is 8.89. The van der Waals surface area contributed by atoms with E-state index in [2.05, 4.69) is 31.9 Å². The summed E-state index contributed by atoms with van der Waals surface area (Å²) in [5, 5.41) is 0.652. The standard InChI is InChI=1S/C22H15Br2ClN2O2/c1-2-29-22(28)17-11-12-18(24)27-20(14-5-9-16(25)10-6-14)19(26-21(17)27)13-3-7-15(23)8-4-13/h3-12H,2H2,1H3. The van der Waals surface area contributed by atoms with E-state index >= 15 is 0 Å². The molecule has 0 radical (unpaired) electrons. The second kappa shape index (κ2) is 8.30. The molecule has 0 spiro atoms. The Morgan fingerprint density at radius 1 is 1.00 bits per heavy atom. The fourth-order valence-corrected chi connectivity index (χ4v) is 4.03. The van der Waals surface area contributed by atoms with Crippen LogP contribution >= 0.6 is 43.5 Å². The van der Waals surface area contributed by atoms with Crippen LogP contribution in [0.3, 0.4) is 0 Å². The van der Waals surface area contributed by atoms with Crippen molar-refractivity contribution in [2.24, 2.45) is 0 Å². The minimum atomic E-state index is -0.403. The van der Waals surface area contributed by atoms with E-state index in [1.807, 2.05) is 59.0 Å². The van der Waals surface area contributed by atoms with Crippen LogP contribution in [-0.2, 0) is 4.74 Å². The van der Waals surface area contributed by atoms with Crippen LogP contribution in [0.2, 0.25) is 5.02 Å². The molecule has 4 rings (SSSR count). The van der Waals surface area contributed by atoms with Gasteiger partial charge in [-0.25, -0.2) is 9.78 Å². The highest BCUT2D eigenvalue weighted by molar-refractivity contribution is 9.10. The predicted octanol–water partition coefficient (Wildman–Crippen LogP) is 7.02. The van der Waals surface area contributed by atoms with Crippen molar-refractivity contribution in [1.82, 2.24) is 9.38 Å².